The minimum atomic E-state index is -0.522. The van der Waals surface area contributed by atoms with Crippen LogP contribution in [0.1, 0.15) is 15.9 Å². The van der Waals surface area contributed by atoms with Gasteiger partial charge in [0, 0.05) is 24.8 Å². The van der Waals surface area contributed by atoms with Gasteiger partial charge in [0.1, 0.15) is 5.82 Å². The molecular formula is C15H16FN3O. The minimum Gasteiger partial charge on any atom is -0.398 e. The number of hydrogen-bond donors (Lipinski definition) is 2. The summed E-state index contributed by atoms with van der Waals surface area (Å²) >= 11 is 0. The van der Waals surface area contributed by atoms with E-state index in [-0.39, 0.29) is 5.82 Å². The second-order valence-corrected chi connectivity index (χ2v) is 4.59. The van der Waals surface area contributed by atoms with E-state index in [1.54, 1.807) is 42.3 Å². The van der Waals surface area contributed by atoms with Crippen LogP contribution in [0, 0.1) is 5.82 Å². The summed E-state index contributed by atoms with van der Waals surface area (Å²) in [6.07, 6.45) is 0. The Hall–Kier alpha value is -2.56. The van der Waals surface area contributed by atoms with Crippen molar-refractivity contribution in [3.05, 3.63) is 59.4 Å². The van der Waals surface area contributed by atoms with Crippen molar-refractivity contribution in [3.63, 3.8) is 0 Å². The highest BCUT2D eigenvalue weighted by atomic mass is 19.1. The zero-order chi connectivity index (χ0) is 14.7. The van der Waals surface area contributed by atoms with Crippen LogP contribution in [0.25, 0.3) is 0 Å². The van der Waals surface area contributed by atoms with Crippen LogP contribution in [0.15, 0.2) is 42.5 Å². The number of anilines is 2. The van der Waals surface area contributed by atoms with Gasteiger partial charge in [-0.2, -0.15) is 0 Å². The Morgan fingerprint density at radius 3 is 2.55 bits per heavy atom. The van der Waals surface area contributed by atoms with Gasteiger partial charge in [0.15, 0.2) is 0 Å². The van der Waals surface area contributed by atoms with Crippen LogP contribution < -0.4 is 16.4 Å². The molecule has 2 rings (SSSR count). The number of carbonyl (C=O) groups excluding carboxylic acids is 1. The zero-order valence-corrected chi connectivity index (χ0v) is 11.1. The molecule has 0 aliphatic heterocycles. The Morgan fingerprint density at radius 1 is 1.25 bits per heavy atom. The van der Waals surface area contributed by atoms with Crippen LogP contribution >= 0.6 is 0 Å². The Kier molecular flexibility index (Phi) is 3.89. The largest absolute Gasteiger partial charge is 0.398 e. The van der Waals surface area contributed by atoms with Crippen molar-refractivity contribution in [2.45, 2.75) is 6.54 Å². The predicted molar refractivity (Wildman–Crippen MR) is 77.9 cm³/mol. The first-order valence-corrected chi connectivity index (χ1v) is 6.13. The van der Waals surface area contributed by atoms with E-state index >= 15 is 0 Å². The lowest BCUT2D eigenvalue weighted by Gasteiger charge is -2.21. The fourth-order valence-corrected chi connectivity index (χ4v) is 1.99. The summed E-state index contributed by atoms with van der Waals surface area (Å²) in [4.78, 5) is 12.8. The normalized spacial score (nSPS) is 10.3. The number of primary amides is 1. The van der Waals surface area contributed by atoms with Gasteiger partial charge in [0.2, 0.25) is 5.91 Å². The highest BCUT2D eigenvalue weighted by Crippen LogP contribution is 2.22. The van der Waals surface area contributed by atoms with E-state index in [0.29, 0.717) is 23.5 Å². The molecule has 0 bridgehead atoms. The Labute approximate surface area is 116 Å². The lowest BCUT2D eigenvalue weighted by molar-refractivity contribution is 0.100. The first kappa shape index (κ1) is 13.9. The van der Waals surface area contributed by atoms with Crippen molar-refractivity contribution in [2.24, 2.45) is 5.73 Å². The quantitative estimate of drug-likeness (QED) is 0.838. The number of para-hydroxylation sites is 1. The molecule has 2 aromatic rings. The van der Waals surface area contributed by atoms with E-state index in [0.717, 1.165) is 5.56 Å². The van der Waals surface area contributed by atoms with Crippen molar-refractivity contribution in [1.82, 2.24) is 0 Å². The van der Waals surface area contributed by atoms with Crippen LogP contribution in [0.3, 0.4) is 0 Å². The molecule has 0 aromatic heterocycles. The van der Waals surface area contributed by atoms with Gasteiger partial charge in [-0.3, -0.25) is 4.79 Å². The molecule has 0 aliphatic carbocycles. The fraction of sp³-hybridized carbons (Fsp3) is 0.133. The molecule has 0 spiro atoms. The first-order valence-electron chi connectivity index (χ1n) is 6.13. The molecule has 2 aromatic carbocycles. The van der Waals surface area contributed by atoms with E-state index in [4.69, 9.17) is 11.5 Å². The number of nitrogens with two attached hydrogens (primary N) is 2. The number of halogens is 1. The topological polar surface area (TPSA) is 72.3 Å². The molecule has 20 heavy (non-hydrogen) atoms. The van der Waals surface area contributed by atoms with E-state index in [1.165, 1.54) is 12.1 Å². The van der Waals surface area contributed by atoms with Gasteiger partial charge in [-0.15, -0.1) is 0 Å². The summed E-state index contributed by atoms with van der Waals surface area (Å²) in [5.74, 6) is -0.812. The third-order valence-corrected chi connectivity index (χ3v) is 3.10. The van der Waals surface area contributed by atoms with E-state index in [9.17, 15) is 9.18 Å². The molecule has 4 N–H and O–H groups in total. The Bertz CT molecular complexity index is 643. The summed E-state index contributed by atoms with van der Waals surface area (Å²) in [6.45, 7) is 0.436. The van der Waals surface area contributed by atoms with Gasteiger partial charge in [-0.1, -0.05) is 18.2 Å². The molecular weight excluding hydrogens is 257 g/mol. The molecule has 5 heteroatoms. The van der Waals surface area contributed by atoms with E-state index in [2.05, 4.69) is 0 Å². The number of carbonyl (C=O) groups is 1. The van der Waals surface area contributed by atoms with Gasteiger partial charge >= 0.3 is 0 Å². The number of benzene rings is 2. The molecule has 0 atom stereocenters. The average Bonchev–Trinajstić information content (AvgIpc) is 2.41. The molecule has 0 heterocycles. The molecule has 4 nitrogen and oxygen atoms in total. The first-order chi connectivity index (χ1) is 9.49. The number of amides is 1. The van der Waals surface area contributed by atoms with Crippen LogP contribution in [0.5, 0.6) is 0 Å². The van der Waals surface area contributed by atoms with Crippen LogP contribution in [-0.4, -0.2) is 13.0 Å². The van der Waals surface area contributed by atoms with Crippen molar-refractivity contribution in [3.8, 4) is 0 Å². The smallest absolute Gasteiger partial charge is 0.248 e. The number of hydrogen-bond acceptors (Lipinski definition) is 3. The van der Waals surface area contributed by atoms with Gasteiger partial charge in [-0.05, 0) is 29.8 Å². The van der Waals surface area contributed by atoms with E-state index in [1.807, 2.05) is 0 Å². The van der Waals surface area contributed by atoms with Crippen molar-refractivity contribution >= 4 is 17.3 Å². The fourth-order valence-electron chi connectivity index (χ4n) is 1.99. The monoisotopic (exact) mass is 273 g/mol. The lowest BCUT2D eigenvalue weighted by Crippen LogP contribution is -2.19. The Balaban J connectivity index is 2.22. The maximum Gasteiger partial charge on any atom is 0.248 e. The van der Waals surface area contributed by atoms with Crippen LogP contribution in [0.2, 0.25) is 0 Å². The highest BCUT2D eigenvalue weighted by molar-refractivity contribution is 5.93. The van der Waals surface area contributed by atoms with Gasteiger partial charge < -0.3 is 16.4 Å². The molecule has 1 amide bonds. The van der Waals surface area contributed by atoms with Crippen molar-refractivity contribution in [1.29, 1.82) is 0 Å². The van der Waals surface area contributed by atoms with Crippen molar-refractivity contribution in [2.75, 3.05) is 17.7 Å². The van der Waals surface area contributed by atoms with Gasteiger partial charge in [0.25, 0.3) is 0 Å². The summed E-state index contributed by atoms with van der Waals surface area (Å²) in [7, 11) is 1.78. The summed E-state index contributed by atoms with van der Waals surface area (Å²) in [6, 6.07) is 11.4. The van der Waals surface area contributed by atoms with Gasteiger partial charge in [0.05, 0.1) is 5.69 Å². The summed E-state index contributed by atoms with van der Waals surface area (Å²) in [5.41, 5.74) is 13.2. The summed E-state index contributed by atoms with van der Waals surface area (Å²) < 4.78 is 13.7. The number of rotatable bonds is 4. The lowest BCUT2D eigenvalue weighted by atomic mass is 10.1. The van der Waals surface area contributed by atoms with E-state index < -0.39 is 5.91 Å². The Morgan fingerprint density at radius 2 is 1.95 bits per heavy atom. The number of nitrogen functional groups attached to an aromatic ring is 1. The molecule has 0 unspecified atom stereocenters. The molecule has 0 aliphatic rings. The van der Waals surface area contributed by atoms with Crippen molar-refractivity contribution < 1.29 is 9.18 Å². The molecule has 0 fully saturated rings. The predicted octanol–water partition coefficient (Wildman–Crippen LogP) is 2.14. The molecule has 0 saturated heterocycles. The van der Waals surface area contributed by atoms with Crippen LogP contribution in [0.4, 0.5) is 15.8 Å². The second-order valence-electron chi connectivity index (χ2n) is 4.59. The third kappa shape index (κ3) is 2.88. The molecule has 0 radical (unpaired) electrons. The summed E-state index contributed by atoms with van der Waals surface area (Å²) in [5, 5.41) is 0. The average molecular weight is 273 g/mol. The standard InChI is InChI=1S/C15H16FN3O/c1-19(14-5-3-2-4-12(14)16)9-11-7-6-10(15(18)20)8-13(11)17/h2-8H,9,17H2,1H3,(H2,18,20). The minimum absolute atomic E-state index is 0.290. The zero-order valence-electron chi connectivity index (χ0n) is 11.1. The molecule has 0 saturated carbocycles. The van der Waals surface area contributed by atoms with Crippen LogP contribution in [-0.2, 0) is 6.54 Å². The highest BCUT2D eigenvalue weighted by Gasteiger charge is 2.10. The second kappa shape index (κ2) is 5.61. The van der Waals surface area contributed by atoms with Gasteiger partial charge in [-0.25, -0.2) is 4.39 Å². The molecule has 104 valence electrons. The SMILES string of the molecule is CN(Cc1ccc(C(N)=O)cc1N)c1ccccc1F. The maximum absolute atomic E-state index is 13.7. The third-order valence-electron chi connectivity index (χ3n) is 3.10. The maximum atomic E-state index is 13.7. The number of nitrogens with zero attached hydrogens (tertiary/aromatic N) is 1.